The van der Waals surface area contributed by atoms with E-state index in [2.05, 4.69) is 60.7 Å². The largest absolute Gasteiger partial charge is 0.507 e. The summed E-state index contributed by atoms with van der Waals surface area (Å²) in [5, 5.41) is 17.1. The molecule has 0 aliphatic carbocycles. The molecule has 6 rings (SSSR count). The van der Waals surface area contributed by atoms with Crippen LogP contribution >= 0.6 is 0 Å². The molecule has 0 saturated carbocycles. The number of phenols is 1. The van der Waals surface area contributed by atoms with Crippen molar-refractivity contribution < 1.29 is 18.1 Å². The van der Waals surface area contributed by atoms with Crippen LogP contribution in [0.4, 0.5) is 0 Å². The summed E-state index contributed by atoms with van der Waals surface area (Å²) in [6.45, 7) is 1.84. The second-order valence-corrected chi connectivity index (χ2v) is 10.1. The van der Waals surface area contributed by atoms with Crippen LogP contribution in [0.25, 0.3) is 43.4 Å². The summed E-state index contributed by atoms with van der Waals surface area (Å²) in [5.41, 5.74) is 3.30. The van der Waals surface area contributed by atoms with Crippen LogP contribution < -0.4 is 0 Å². The van der Waals surface area contributed by atoms with Crippen LogP contribution in [0.1, 0.15) is 5.56 Å². The van der Waals surface area contributed by atoms with Crippen molar-refractivity contribution in [1.82, 2.24) is 0 Å². The Labute approximate surface area is 209 Å². The minimum Gasteiger partial charge on any atom is -0.507 e. The molecule has 0 aromatic heterocycles. The number of phenolic OH excluding ortho intramolecular Hbond substituents is 1. The van der Waals surface area contributed by atoms with Gasteiger partial charge in [-0.05, 0) is 75.3 Å². The van der Waals surface area contributed by atoms with Crippen molar-refractivity contribution >= 4 is 42.4 Å². The van der Waals surface area contributed by atoms with Gasteiger partial charge in [-0.1, -0.05) is 90.5 Å². The Morgan fingerprint density at radius 2 is 1.14 bits per heavy atom. The molecule has 0 aliphatic heterocycles. The summed E-state index contributed by atoms with van der Waals surface area (Å²) in [6, 6.07) is 37.2. The fourth-order valence-electron chi connectivity index (χ4n) is 4.43. The number of fused-ring (bicyclic) bond motifs is 3. The summed E-state index contributed by atoms with van der Waals surface area (Å²) in [6.07, 6.45) is 0. The number of aromatic hydroxyl groups is 1. The van der Waals surface area contributed by atoms with E-state index in [9.17, 15) is 13.5 Å². The molecule has 2 N–H and O–H groups in total. The van der Waals surface area contributed by atoms with E-state index in [1.165, 1.54) is 39.2 Å². The molecule has 0 spiro atoms. The van der Waals surface area contributed by atoms with Crippen LogP contribution in [-0.2, 0) is 10.1 Å². The summed E-state index contributed by atoms with van der Waals surface area (Å²) >= 11 is 0. The average Bonchev–Trinajstić information content (AvgIpc) is 2.88. The van der Waals surface area contributed by atoms with Crippen molar-refractivity contribution in [3.63, 3.8) is 0 Å². The van der Waals surface area contributed by atoms with E-state index in [1.54, 1.807) is 18.2 Å². The highest BCUT2D eigenvalue weighted by atomic mass is 32.2. The molecule has 0 radical (unpaired) electrons. The molecule has 0 amide bonds. The van der Waals surface area contributed by atoms with Gasteiger partial charge in [0.25, 0.3) is 10.1 Å². The van der Waals surface area contributed by atoms with E-state index in [4.69, 9.17) is 4.55 Å². The SMILES string of the molecule is Cc1ccc(S(=O)(=O)O)cc1.Oc1ccc(-c2cccc3cc4ccccc4cc23)c2ccccc12. The van der Waals surface area contributed by atoms with Crippen LogP contribution in [-0.4, -0.2) is 18.1 Å². The lowest BCUT2D eigenvalue weighted by molar-refractivity contribution is 0.481. The molecule has 0 bridgehead atoms. The fraction of sp³-hybridized carbons (Fsp3) is 0.0323. The minimum absolute atomic E-state index is 0.0666. The molecular formula is C31H24O4S. The normalized spacial score (nSPS) is 11.4. The standard InChI is InChI=1S/C24H16O.C7H8O3S/c25-24-13-12-21(19-9-3-4-10-22(19)24)20-11-5-8-18-14-16-6-1-2-7-17(16)15-23(18)20;1-6-2-4-7(5-3-6)11(8,9)10/h1-15,25H;2-5H,1H3,(H,8,9,10). The minimum atomic E-state index is -4.02. The van der Waals surface area contributed by atoms with Gasteiger partial charge in [-0.25, -0.2) is 0 Å². The zero-order valence-electron chi connectivity index (χ0n) is 19.6. The molecule has 0 saturated heterocycles. The Balaban J connectivity index is 0.000000205. The molecular weight excluding hydrogens is 468 g/mol. The summed E-state index contributed by atoms with van der Waals surface area (Å²) in [5.74, 6) is 0.324. The molecule has 6 aromatic rings. The van der Waals surface area contributed by atoms with Gasteiger partial charge in [-0.15, -0.1) is 0 Å². The Morgan fingerprint density at radius 1 is 0.556 bits per heavy atom. The molecule has 0 atom stereocenters. The number of benzene rings is 6. The Hall–Kier alpha value is -4.19. The molecule has 36 heavy (non-hydrogen) atoms. The monoisotopic (exact) mass is 492 g/mol. The van der Waals surface area contributed by atoms with Crippen LogP contribution in [0.3, 0.4) is 0 Å². The second-order valence-electron chi connectivity index (χ2n) is 8.69. The van der Waals surface area contributed by atoms with Gasteiger partial charge in [-0.2, -0.15) is 8.42 Å². The van der Waals surface area contributed by atoms with Crippen molar-refractivity contribution in [3.8, 4) is 16.9 Å². The van der Waals surface area contributed by atoms with E-state index in [-0.39, 0.29) is 4.90 Å². The van der Waals surface area contributed by atoms with Crippen molar-refractivity contribution in [1.29, 1.82) is 0 Å². The van der Waals surface area contributed by atoms with Gasteiger partial charge in [0.15, 0.2) is 0 Å². The van der Waals surface area contributed by atoms with Crippen LogP contribution in [0.2, 0.25) is 0 Å². The quantitative estimate of drug-likeness (QED) is 0.191. The molecule has 0 unspecified atom stereocenters. The topological polar surface area (TPSA) is 74.6 Å². The fourth-order valence-corrected chi connectivity index (χ4v) is 4.91. The molecule has 4 nitrogen and oxygen atoms in total. The summed E-state index contributed by atoms with van der Waals surface area (Å²) in [4.78, 5) is -0.0666. The van der Waals surface area contributed by atoms with Gasteiger partial charge in [0.2, 0.25) is 0 Å². The number of rotatable bonds is 2. The number of aryl methyl sites for hydroxylation is 1. The van der Waals surface area contributed by atoms with Gasteiger partial charge in [0.05, 0.1) is 4.90 Å². The lowest BCUT2D eigenvalue weighted by Crippen LogP contribution is -1.96. The highest BCUT2D eigenvalue weighted by Gasteiger charge is 2.10. The molecule has 0 aliphatic rings. The summed E-state index contributed by atoms with van der Waals surface area (Å²) < 4.78 is 29.6. The number of hydrogen-bond donors (Lipinski definition) is 2. The Bertz CT molecular complexity index is 1820. The zero-order valence-corrected chi connectivity index (χ0v) is 20.4. The Kier molecular flexibility index (Phi) is 6.18. The summed E-state index contributed by atoms with van der Waals surface area (Å²) in [7, 11) is -4.02. The molecule has 6 aromatic carbocycles. The first-order valence-electron chi connectivity index (χ1n) is 11.5. The van der Waals surface area contributed by atoms with Crippen LogP contribution in [0, 0.1) is 6.92 Å². The van der Waals surface area contributed by atoms with Gasteiger partial charge in [0, 0.05) is 5.39 Å². The maximum absolute atomic E-state index is 10.5. The third-order valence-electron chi connectivity index (χ3n) is 6.26. The number of hydrogen-bond acceptors (Lipinski definition) is 3. The molecule has 0 fully saturated rings. The zero-order chi connectivity index (χ0) is 25.3. The maximum atomic E-state index is 10.5. The van der Waals surface area contributed by atoms with Crippen molar-refractivity contribution in [3.05, 3.63) is 121 Å². The highest BCUT2D eigenvalue weighted by Crippen LogP contribution is 2.38. The smallest absolute Gasteiger partial charge is 0.294 e. The first kappa shape index (κ1) is 23.5. The van der Waals surface area contributed by atoms with Crippen molar-refractivity contribution in [2.75, 3.05) is 0 Å². The average molecular weight is 493 g/mol. The lowest BCUT2D eigenvalue weighted by Gasteiger charge is -2.12. The molecule has 0 heterocycles. The van der Waals surface area contributed by atoms with Crippen LogP contribution in [0.15, 0.2) is 120 Å². The Morgan fingerprint density at radius 3 is 1.83 bits per heavy atom. The van der Waals surface area contributed by atoms with Gasteiger partial charge < -0.3 is 5.11 Å². The third kappa shape index (κ3) is 4.67. The van der Waals surface area contributed by atoms with Crippen LogP contribution in [0.5, 0.6) is 5.75 Å². The second kappa shape index (κ2) is 9.46. The van der Waals surface area contributed by atoms with Gasteiger partial charge >= 0.3 is 0 Å². The van der Waals surface area contributed by atoms with Crippen molar-refractivity contribution in [2.45, 2.75) is 11.8 Å². The predicted molar refractivity (Wildman–Crippen MR) is 147 cm³/mol. The van der Waals surface area contributed by atoms with E-state index in [0.717, 1.165) is 21.9 Å². The lowest BCUT2D eigenvalue weighted by atomic mass is 9.92. The van der Waals surface area contributed by atoms with Gasteiger partial charge in [0.1, 0.15) is 5.75 Å². The molecule has 178 valence electrons. The van der Waals surface area contributed by atoms with E-state index >= 15 is 0 Å². The highest BCUT2D eigenvalue weighted by molar-refractivity contribution is 7.85. The third-order valence-corrected chi connectivity index (χ3v) is 7.12. The predicted octanol–water partition coefficient (Wildman–Crippen LogP) is 7.76. The van der Waals surface area contributed by atoms with E-state index < -0.39 is 10.1 Å². The molecule has 5 heteroatoms. The van der Waals surface area contributed by atoms with Crippen molar-refractivity contribution in [2.24, 2.45) is 0 Å². The first-order chi connectivity index (χ1) is 17.3. The first-order valence-corrected chi connectivity index (χ1v) is 12.9. The van der Waals surface area contributed by atoms with Gasteiger partial charge in [-0.3, -0.25) is 4.55 Å². The van der Waals surface area contributed by atoms with E-state index in [1.807, 2.05) is 31.2 Å². The maximum Gasteiger partial charge on any atom is 0.294 e. The van der Waals surface area contributed by atoms with E-state index in [0.29, 0.717) is 5.75 Å².